The van der Waals surface area contributed by atoms with Crippen molar-refractivity contribution in [2.45, 2.75) is 41.5 Å². The molecule has 0 aliphatic heterocycles. The summed E-state index contributed by atoms with van der Waals surface area (Å²) < 4.78 is 16.3. The monoisotopic (exact) mass is 488 g/mol. The average molecular weight is 488 g/mol. The smallest absolute Gasteiger partial charge is 0.173 e. The van der Waals surface area contributed by atoms with Gasteiger partial charge in [0.2, 0.25) is 0 Å². The first-order chi connectivity index (χ1) is 12.7. The fraction of sp³-hybridized carbons (Fsp3) is 0.250. The first-order valence-corrected chi connectivity index (χ1v) is 12.0. The van der Waals surface area contributed by atoms with Crippen LogP contribution in [0.5, 0.6) is 0 Å². The van der Waals surface area contributed by atoms with Gasteiger partial charge in [-0.2, -0.15) is 0 Å². The third-order valence-corrected chi connectivity index (χ3v) is 10.8. The summed E-state index contributed by atoms with van der Waals surface area (Å²) in [4.78, 5) is 0. The molecule has 0 saturated heterocycles. The summed E-state index contributed by atoms with van der Waals surface area (Å²) in [7, 11) is -3.03. The molecule has 3 aromatic carbocycles. The van der Waals surface area contributed by atoms with Gasteiger partial charge >= 0.3 is 0 Å². The van der Waals surface area contributed by atoms with Crippen molar-refractivity contribution in [2.24, 2.45) is 0 Å². The normalized spacial score (nSPS) is 11.7. The molecule has 0 amide bonds. The van der Waals surface area contributed by atoms with Gasteiger partial charge in [-0.25, -0.2) is 0 Å². The lowest BCUT2D eigenvalue weighted by Crippen LogP contribution is -2.33. The second-order valence-corrected chi connectivity index (χ2v) is 11.2. The van der Waals surface area contributed by atoms with Gasteiger partial charge in [0.15, 0.2) is 7.14 Å². The van der Waals surface area contributed by atoms with Crippen molar-refractivity contribution < 1.29 is 4.57 Å². The Bertz CT molecular complexity index is 986. The summed E-state index contributed by atoms with van der Waals surface area (Å²) in [5, 5.41) is 2.95. The number of benzene rings is 3. The minimum Gasteiger partial charge on any atom is -0.309 e. The fourth-order valence-electron chi connectivity index (χ4n) is 4.11. The van der Waals surface area contributed by atoms with E-state index in [2.05, 4.69) is 113 Å². The lowest BCUT2D eigenvalue weighted by Gasteiger charge is -2.28. The first kappa shape index (κ1) is 20.4. The van der Waals surface area contributed by atoms with Gasteiger partial charge in [0.1, 0.15) is 0 Å². The van der Waals surface area contributed by atoms with E-state index in [0.29, 0.717) is 0 Å². The van der Waals surface area contributed by atoms with Gasteiger partial charge < -0.3 is 4.57 Å². The van der Waals surface area contributed by atoms with Crippen LogP contribution in [0.2, 0.25) is 0 Å². The highest BCUT2D eigenvalue weighted by molar-refractivity contribution is 14.1. The summed E-state index contributed by atoms with van der Waals surface area (Å²) in [6.45, 7) is 12.5. The lowest BCUT2D eigenvalue weighted by molar-refractivity contribution is 0.592. The molecule has 0 aliphatic carbocycles. The minimum atomic E-state index is -3.03. The van der Waals surface area contributed by atoms with Crippen LogP contribution < -0.4 is 15.9 Å². The van der Waals surface area contributed by atoms with Crippen molar-refractivity contribution in [3.8, 4) is 0 Å². The second-order valence-electron chi connectivity index (χ2n) is 7.51. The Balaban J connectivity index is 2.56. The highest BCUT2D eigenvalue weighted by Crippen LogP contribution is 2.47. The second kappa shape index (κ2) is 7.56. The van der Waals surface area contributed by atoms with Crippen LogP contribution in [0, 0.1) is 45.1 Å². The fourth-order valence-corrected chi connectivity index (χ4v) is 9.27. The molecule has 27 heavy (non-hydrogen) atoms. The first-order valence-electron chi connectivity index (χ1n) is 9.19. The molecule has 0 bridgehead atoms. The van der Waals surface area contributed by atoms with Gasteiger partial charge in [-0.3, -0.25) is 0 Å². The van der Waals surface area contributed by atoms with Gasteiger partial charge in [0.05, 0.1) is 0 Å². The molecule has 0 N–H and O–H groups in total. The Morgan fingerprint density at radius 2 is 1.07 bits per heavy atom. The van der Waals surface area contributed by atoms with Crippen molar-refractivity contribution in [1.29, 1.82) is 0 Å². The molecular formula is C24H26IOP. The van der Waals surface area contributed by atoms with E-state index >= 15 is 4.57 Å². The van der Waals surface area contributed by atoms with Gasteiger partial charge in [-0.1, -0.05) is 48.0 Å². The topological polar surface area (TPSA) is 17.1 Å². The van der Waals surface area contributed by atoms with E-state index in [1.165, 1.54) is 5.56 Å². The third kappa shape index (κ3) is 3.43. The van der Waals surface area contributed by atoms with Crippen LogP contribution in [0.25, 0.3) is 0 Å². The Labute approximate surface area is 176 Å². The Morgan fingerprint density at radius 3 is 1.48 bits per heavy atom. The SMILES string of the molecule is Cc1cc(C)c(I)c(P(=O)(c2c(C)cccc2C)c2c(C)cccc2C)c1. The maximum atomic E-state index is 15.2. The quantitative estimate of drug-likeness (QED) is 0.338. The summed E-state index contributed by atoms with van der Waals surface area (Å²) in [5.41, 5.74) is 6.71. The third-order valence-electron chi connectivity index (χ3n) is 5.23. The zero-order valence-electron chi connectivity index (χ0n) is 16.9. The van der Waals surface area contributed by atoms with Gasteiger partial charge in [0, 0.05) is 19.5 Å². The molecule has 0 atom stereocenters. The summed E-state index contributed by atoms with van der Waals surface area (Å²) >= 11 is 2.37. The molecule has 3 rings (SSSR count). The van der Waals surface area contributed by atoms with Crippen molar-refractivity contribution >= 4 is 45.6 Å². The summed E-state index contributed by atoms with van der Waals surface area (Å²) in [6.07, 6.45) is 0. The standard InChI is InChI=1S/C24H26IOP/c1-15-13-20(6)22(25)21(14-15)27(26,23-16(2)9-7-10-17(23)3)24-18(4)11-8-12-19(24)5/h7-14H,1-6H3. The van der Waals surface area contributed by atoms with Gasteiger partial charge in [-0.05, 0) is 98.0 Å². The summed E-state index contributed by atoms with van der Waals surface area (Å²) in [5.74, 6) is 0. The van der Waals surface area contributed by atoms with Crippen LogP contribution in [-0.2, 0) is 4.57 Å². The Kier molecular flexibility index (Phi) is 5.70. The van der Waals surface area contributed by atoms with Crippen LogP contribution in [0.4, 0.5) is 0 Å². The highest BCUT2D eigenvalue weighted by Gasteiger charge is 2.37. The van der Waals surface area contributed by atoms with E-state index in [0.717, 1.165) is 47.3 Å². The number of halogens is 1. The summed E-state index contributed by atoms with van der Waals surface area (Å²) in [6, 6.07) is 16.7. The maximum Gasteiger partial charge on any atom is 0.173 e. The van der Waals surface area contributed by atoms with Crippen molar-refractivity contribution in [1.82, 2.24) is 0 Å². The van der Waals surface area contributed by atoms with E-state index in [-0.39, 0.29) is 0 Å². The number of hydrogen-bond donors (Lipinski definition) is 0. The molecule has 0 aliphatic rings. The zero-order chi connectivity index (χ0) is 19.9. The molecule has 0 aromatic heterocycles. The Hall–Kier alpha value is -1.38. The predicted molar refractivity (Wildman–Crippen MR) is 127 cm³/mol. The molecule has 0 spiro atoms. The molecule has 3 heteroatoms. The largest absolute Gasteiger partial charge is 0.309 e. The lowest BCUT2D eigenvalue weighted by atomic mass is 10.1. The van der Waals surface area contributed by atoms with Gasteiger partial charge in [0.25, 0.3) is 0 Å². The number of rotatable bonds is 3. The number of aryl methyl sites for hydroxylation is 6. The number of hydrogen-bond acceptors (Lipinski definition) is 1. The van der Waals surface area contributed by atoms with Crippen LogP contribution in [-0.4, -0.2) is 0 Å². The van der Waals surface area contributed by atoms with Crippen LogP contribution in [0.1, 0.15) is 33.4 Å². The molecule has 0 radical (unpaired) electrons. The highest BCUT2D eigenvalue weighted by atomic mass is 127. The zero-order valence-corrected chi connectivity index (χ0v) is 19.9. The molecule has 3 aromatic rings. The van der Waals surface area contributed by atoms with Crippen LogP contribution in [0.3, 0.4) is 0 Å². The van der Waals surface area contributed by atoms with Crippen LogP contribution in [0.15, 0.2) is 48.5 Å². The molecule has 1 nitrogen and oxygen atoms in total. The predicted octanol–water partition coefficient (Wildman–Crippen LogP) is 5.78. The maximum absolute atomic E-state index is 15.2. The van der Waals surface area contributed by atoms with E-state index in [4.69, 9.17) is 0 Å². The average Bonchev–Trinajstić information content (AvgIpc) is 2.57. The molecular weight excluding hydrogens is 462 g/mol. The van der Waals surface area contributed by atoms with E-state index in [9.17, 15) is 0 Å². The van der Waals surface area contributed by atoms with Crippen molar-refractivity contribution in [3.05, 3.63) is 85.5 Å². The van der Waals surface area contributed by atoms with Crippen molar-refractivity contribution in [2.75, 3.05) is 0 Å². The van der Waals surface area contributed by atoms with E-state index in [1.54, 1.807) is 0 Å². The molecule has 0 fully saturated rings. The minimum absolute atomic E-state index is 0.968. The van der Waals surface area contributed by atoms with Crippen LogP contribution >= 0.6 is 29.7 Å². The molecule has 140 valence electrons. The molecule has 0 heterocycles. The van der Waals surface area contributed by atoms with Crippen molar-refractivity contribution in [3.63, 3.8) is 0 Å². The van der Waals surface area contributed by atoms with E-state index in [1.807, 2.05) is 0 Å². The molecule has 0 unspecified atom stereocenters. The van der Waals surface area contributed by atoms with E-state index < -0.39 is 7.14 Å². The molecule has 0 saturated carbocycles. The Morgan fingerprint density at radius 1 is 0.667 bits per heavy atom. The van der Waals surface area contributed by atoms with Gasteiger partial charge in [-0.15, -0.1) is 0 Å².